The smallest absolute Gasteiger partial charge is 0.226 e. The first-order chi connectivity index (χ1) is 27.2. The minimum absolute atomic E-state index is 0.0656. The van der Waals surface area contributed by atoms with Crippen LogP contribution in [0.5, 0.6) is 0 Å². The first kappa shape index (κ1) is 32.0. The van der Waals surface area contributed by atoms with Gasteiger partial charge in [-0.25, -0.2) is 0 Å². The second-order valence-corrected chi connectivity index (χ2v) is 15.4. The van der Waals surface area contributed by atoms with Crippen molar-refractivity contribution in [1.82, 2.24) is 4.57 Å². The van der Waals surface area contributed by atoms with E-state index in [4.69, 9.17) is 0 Å². The first-order valence-electron chi connectivity index (χ1n) is 19.7. The van der Waals surface area contributed by atoms with Crippen LogP contribution in [0.1, 0.15) is 54.5 Å². The van der Waals surface area contributed by atoms with Gasteiger partial charge in [0.2, 0.25) is 5.69 Å². The molecular weight excluding hydrogens is 665 g/mol. The Kier molecular flexibility index (Phi) is 6.97. The van der Waals surface area contributed by atoms with Crippen molar-refractivity contribution in [3.63, 3.8) is 0 Å². The Labute approximate surface area is 322 Å². The van der Waals surface area contributed by atoms with E-state index in [-0.39, 0.29) is 5.41 Å². The molecule has 0 spiro atoms. The first-order valence-corrected chi connectivity index (χ1v) is 19.7. The lowest BCUT2D eigenvalue weighted by Gasteiger charge is -2.42. The molecular formula is C53H41N2+. The Balaban J connectivity index is 1.29. The molecule has 4 heterocycles. The zero-order valence-electron chi connectivity index (χ0n) is 31.2. The van der Waals surface area contributed by atoms with Crippen molar-refractivity contribution in [2.75, 3.05) is 0 Å². The van der Waals surface area contributed by atoms with E-state index >= 15 is 0 Å². The van der Waals surface area contributed by atoms with Gasteiger partial charge in [0.15, 0.2) is 12.4 Å². The van der Waals surface area contributed by atoms with Gasteiger partial charge in [0.25, 0.3) is 0 Å². The molecule has 0 atom stereocenters. The summed E-state index contributed by atoms with van der Waals surface area (Å²) >= 11 is 0. The normalized spacial score (nSPS) is 14.7. The molecule has 9 aromatic rings. The Morgan fingerprint density at radius 3 is 1.96 bits per heavy atom. The van der Waals surface area contributed by atoms with Crippen molar-refractivity contribution < 1.29 is 4.57 Å². The highest BCUT2D eigenvalue weighted by molar-refractivity contribution is 6.13. The highest BCUT2D eigenvalue weighted by Crippen LogP contribution is 2.55. The van der Waals surface area contributed by atoms with Gasteiger partial charge in [-0.05, 0) is 99.6 Å². The number of aromatic nitrogens is 2. The predicted octanol–water partition coefficient (Wildman–Crippen LogP) is 12.8. The van der Waals surface area contributed by atoms with Crippen LogP contribution in [0.4, 0.5) is 0 Å². The summed E-state index contributed by atoms with van der Waals surface area (Å²) in [5.41, 5.74) is 14.7. The molecule has 2 nitrogen and oxygen atoms in total. The number of hydrogen-bond donors (Lipinski definition) is 0. The molecule has 2 aromatic heterocycles. The molecule has 2 aliphatic heterocycles. The van der Waals surface area contributed by atoms with Crippen LogP contribution in [0.15, 0.2) is 182 Å². The third-order valence-electron chi connectivity index (χ3n) is 13.0. The monoisotopic (exact) mass is 705 g/mol. The number of allylic oxidation sites excluding steroid dienone is 1. The molecule has 0 saturated heterocycles. The van der Waals surface area contributed by atoms with Crippen molar-refractivity contribution in [2.45, 2.75) is 37.5 Å². The van der Waals surface area contributed by atoms with Crippen LogP contribution in [0, 0.1) is 0 Å². The van der Waals surface area contributed by atoms with E-state index in [0.717, 1.165) is 12.8 Å². The van der Waals surface area contributed by atoms with Gasteiger partial charge in [0.05, 0.1) is 33.1 Å². The highest BCUT2D eigenvalue weighted by Gasteiger charge is 2.45. The number of fused-ring (bicyclic) bond motifs is 10. The second-order valence-electron chi connectivity index (χ2n) is 15.4. The van der Waals surface area contributed by atoms with Gasteiger partial charge in [-0.1, -0.05) is 141 Å². The van der Waals surface area contributed by atoms with E-state index in [1.807, 2.05) is 0 Å². The van der Waals surface area contributed by atoms with E-state index in [1.54, 1.807) is 0 Å². The number of para-hydroxylation sites is 2. The zero-order chi connectivity index (χ0) is 36.7. The van der Waals surface area contributed by atoms with Crippen molar-refractivity contribution in [2.24, 2.45) is 0 Å². The fourth-order valence-corrected chi connectivity index (χ4v) is 10.3. The lowest BCUT2D eigenvalue weighted by molar-refractivity contribution is -0.554. The van der Waals surface area contributed by atoms with E-state index in [2.05, 4.69) is 211 Å². The largest absolute Gasteiger partial charge is 0.309 e. The van der Waals surface area contributed by atoms with Gasteiger partial charge in [-0.2, -0.15) is 4.57 Å². The molecule has 0 fully saturated rings. The molecule has 0 radical (unpaired) electrons. The summed E-state index contributed by atoms with van der Waals surface area (Å²) in [6.45, 7) is 4.67. The molecule has 11 rings (SSSR count). The predicted molar refractivity (Wildman–Crippen MR) is 229 cm³/mol. The van der Waals surface area contributed by atoms with E-state index in [0.29, 0.717) is 0 Å². The summed E-state index contributed by atoms with van der Waals surface area (Å²) in [6.07, 6.45) is 9.07. The molecule has 0 N–H and O–H groups in total. The van der Waals surface area contributed by atoms with Crippen LogP contribution < -0.4 is 4.57 Å². The van der Waals surface area contributed by atoms with Crippen LogP contribution >= 0.6 is 0 Å². The number of pyridine rings is 1. The summed E-state index contributed by atoms with van der Waals surface area (Å²) < 4.78 is 4.88. The van der Waals surface area contributed by atoms with Crippen LogP contribution in [0.2, 0.25) is 0 Å². The van der Waals surface area contributed by atoms with Gasteiger partial charge >= 0.3 is 0 Å². The van der Waals surface area contributed by atoms with E-state index in [1.165, 1.54) is 88.5 Å². The standard InChI is InChI=1S/C53H41N2/c1-3-52(4-2)30-32-54-31-29-36-17-11-12-22-41(36)50(54)44-33-37(27-28-45(44)52)38-34-43-42-23-13-15-25-48(42)55-49-26-16-14-24-46(49)53(47(35-38)51(43)55,39-18-7-5-8-19-39)40-20-9-6-10-21-40/h5-35H,3-4H2,1-2H3/q+1. The molecule has 7 aromatic carbocycles. The second kappa shape index (κ2) is 12.0. The number of benzene rings is 7. The summed E-state index contributed by atoms with van der Waals surface area (Å²) in [5.74, 6) is 0. The van der Waals surface area contributed by atoms with Gasteiger partial charge in [-0.3, -0.25) is 0 Å². The van der Waals surface area contributed by atoms with Gasteiger partial charge in [0.1, 0.15) is 0 Å². The molecule has 0 amide bonds. The Morgan fingerprint density at radius 1 is 0.527 bits per heavy atom. The maximum absolute atomic E-state index is 2.53. The third-order valence-corrected chi connectivity index (χ3v) is 13.0. The maximum Gasteiger partial charge on any atom is 0.226 e. The average Bonchev–Trinajstić information content (AvgIpc) is 3.51. The quantitative estimate of drug-likeness (QED) is 0.158. The number of hydrogen-bond acceptors (Lipinski definition) is 0. The molecule has 2 aliphatic rings. The Bertz CT molecular complexity index is 2960. The average molecular weight is 706 g/mol. The van der Waals surface area contributed by atoms with Gasteiger partial charge in [-0.15, -0.1) is 0 Å². The Morgan fingerprint density at radius 2 is 1.20 bits per heavy atom. The van der Waals surface area contributed by atoms with Crippen molar-refractivity contribution in [1.29, 1.82) is 0 Å². The molecule has 0 bridgehead atoms. The summed E-state index contributed by atoms with van der Waals surface area (Å²) in [5, 5.41) is 5.08. The molecule has 55 heavy (non-hydrogen) atoms. The van der Waals surface area contributed by atoms with E-state index < -0.39 is 5.41 Å². The lowest BCUT2D eigenvalue weighted by atomic mass is 9.62. The fourth-order valence-electron chi connectivity index (χ4n) is 10.3. The minimum Gasteiger partial charge on any atom is -0.309 e. The summed E-state index contributed by atoms with van der Waals surface area (Å²) in [7, 11) is 0. The topological polar surface area (TPSA) is 8.81 Å². The van der Waals surface area contributed by atoms with Crippen LogP contribution in [-0.4, -0.2) is 4.57 Å². The van der Waals surface area contributed by atoms with Crippen LogP contribution in [-0.2, 0) is 10.8 Å². The van der Waals surface area contributed by atoms with Gasteiger partial charge < -0.3 is 4.57 Å². The molecule has 262 valence electrons. The molecule has 0 aliphatic carbocycles. The summed E-state index contributed by atoms with van der Waals surface area (Å²) in [4.78, 5) is 0. The van der Waals surface area contributed by atoms with Crippen molar-refractivity contribution in [3.8, 4) is 28.1 Å². The van der Waals surface area contributed by atoms with Crippen molar-refractivity contribution in [3.05, 3.63) is 210 Å². The van der Waals surface area contributed by atoms with Crippen molar-refractivity contribution >= 4 is 38.8 Å². The maximum atomic E-state index is 2.53. The highest BCUT2D eigenvalue weighted by atomic mass is 15.0. The van der Waals surface area contributed by atoms with Crippen LogP contribution in [0.25, 0.3) is 66.8 Å². The minimum atomic E-state index is -0.550. The molecule has 0 unspecified atom stereocenters. The van der Waals surface area contributed by atoms with Gasteiger partial charge in [0, 0.05) is 22.3 Å². The summed E-state index contributed by atoms with van der Waals surface area (Å²) in [6, 6.07) is 63.8. The third kappa shape index (κ3) is 4.34. The fraction of sp³-hybridized carbons (Fsp3) is 0.113. The lowest BCUT2D eigenvalue weighted by Crippen LogP contribution is -2.35. The SMILES string of the molecule is CCC1(CC)C=C[n+]2ccc3ccccc3c2-c2cc(-c3cc4c5c(c3)c3ccccc3n5-c3ccccc3C4(c3ccccc3)c3ccccc3)ccc21. The Hall–Kier alpha value is -6.51. The molecule has 0 saturated carbocycles. The molecule has 2 heteroatoms. The van der Waals surface area contributed by atoms with E-state index in [9.17, 15) is 0 Å². The number of nitrogens with zero attached hydrogens (tertiary/aromatic N) is 2. The van der Waals surface area contributed by atoms with Crippen LogP contribution in [0.3, 0.4) is 0 Å². The zero-order valence-corrected chi connectivity index (χ0v) is 31.2. The number of rotatable bonds is 5.